The Morgan fingerprint density at radius 2 is 1.79 bits per heavy atom. The molecule has 0 atom stereocenters. The molecule has 0 aliphatic carbocycles. The normalized spacial score (nSPS) is 10.9. The monoisotopic (exact) mass is 331 g/mol. The summed E-state index contributed by atoms with van der Waals surface area (Å²) >= 11 is 0. The van der Waals surface area contributed by atoms with Crippen molar-refractivity contribution in [1.29, 1.82) is 0 Å². The lowest BCUT2D eigenvalue weighted by Crippen LogP contribution is -2.32. The minimum absolute atomic E-state index is 0.0818. The second-order valence-electron chi connectivity index (χ2n) is 5.07. The number of phenolic OH excluding ortho intramolecular Hbond substituents is 3. The molecule has 124 valence electrons. The second kappa shape index (κ2) is 5.65. The highest BCUT2D eigenvalue weighted by Crippen LogP contribution is 2.30. The zero-order valence-electron chi connectivity index (χ0n) is 12.5. The van der Waals surface area contributed by atoms with E-state index in [2.05, 4.69) is 0 Å². The van der Waals surface area contributed by atoms with Crippen LogP contribution >= 0.6 is 0 Å². The first-order valence-electron chi connectivity index (χ1n) is 6.87. The number of methoxy groups -OCH3 is 1. The predicted octanol–water partition coefficient (Wildman–Crippen LogP) is 1.13. The SMILES string of the molecule is COc1cc(Cn2c(=O)oc3ccc(O)c(O)c3c2=O)ccc1O. The van der Waals surface area contributed by atoms with E-state index < -0.39 is 22.8 Å². The largest absolute Gasteiger partial charge is 0.504 e. The second-order valence-corrected chi connectivity index (χ2v) is 5.07. The van der Waals surface area contributed by atoms with Crippen LogP contribution in [0.15, 0.2) is 44.3 Å². The molecule has 1 aromatic heterocycles. The molecule has 3 aromatic rings. The quantitative estimate of drug-likeness (QED) is 0.615. The summed E-state index contributed by atoms with van der Waals surface area (Å²) in [5.74, 6) is -1.96. The van der Waals surface area contributed by atoms with Crippen LogP contribution in [0.3, 0.4) is 0 Å². The lowest BCUT2D eigenvalue weighted by atomic mass is 10.2. The average Bonchev–Trinajstić information content (AvgIpc) is 2.56. The van der Waals surface area contributed by atoms with Gasteiger partial charge in [-0.15, -0.1) is 0 Å². The number of hydrogen-bond acceptors (Lipinski definition) is 7. The molecule has 8 nitrogen and oxygen atoms in total. The van der Waals surface area contributed by atoms with E-state index in [1.807, 2.05) is 0 Å². The summed E-state index contributed by atoms with van der Waals surface area (Å²) in [5.41, 5.74) is -0.431. The highest BCUT2D eigenvalue weighted by atomic mass is 16.5. The van der Waals surface area contributed by atoms with Crippen LogP contribution in [0.5, 0.6) is 23.0 Å². The summed E-state index contributed by atoms with van der Waals surface area (Å²) in [5, 5.41) is 28.7. The molecule has 0 unspecified atom stereocenters. The van der Waals surface area contributed by atoms with Gasteiger partial charge in [-0.3, -0.25) is 4.79 Å². The Morgan fingerprint density at radius 1 is 1.08 bits per heavy atom. The molecule has 3 rings (SSSR count). The summed E-state index contributed by atoms with van der Waals surface area (Å²) in [6, 6.07) is 6.69. The number of fused-ring (bicyclic) bond motifs is 1. The van der Waals surface area contributed by atoms with Crippen LogP contribution in [-0.4, -0.2) is 27.0 Å². The minimum atomic E-state index is -0.912. The summed E-state index contributed by atoms with van der Waals surface area (Å²) in [6.07, 6.45) is 0. The van der Waals surface area contributed by atoms with Crippen LogP contribution in [0, 0.1) is 0 Å². The molecule has 0 aliphatic heterocycles. The van der Waals surface area contributed by atoms with E-state index in [9.17, 15) is 24.9 Å². The third kappa shape index (κ3) is 2.43. The third-order valence-corrected chi connectivity index (χ3v) is 3.58. The van der Waals surface area contributed by atoms with Gasteiger partial charge in [0.05, 0.1) is 13.7 Å². The van der Waals surface area contributed by atoms with Crippen molar-refractivity contribution in [2.45, 2.75) is 6.54 Å². The molecule has 0 saturated heterocycles. The summed E-state index contributed by atoms with van der Waals surface area (Å²) in [6.45, 7) is -0.164. The molecule has 3 N–H and O–H groups in total. The Hall–Kier alpha value is -3.42. The molecule has 0 fully saturated rings. The van der Waals surface area contributed by atoms with Gasteiger partial charge in [0.15, 0.2) is 23.0 Å². The third-order valence-electron chi connectivity index (χ3n) is 3.58. The van der Waals surface area contributed by atoms with E-state index in [-0.39, 0.29) is 29.0 Å². The molecule has 0 spiro atoms. The van der Waals surface area contributed by atoms with Crippen LogP contribution in [0.4, 0.5) is 0 Å². The van der Waals surface area contributed by atoms with Gasteiger partial charge < -0.3 is 24.5 Å². The van der Waals surface area contributed by atoms with Gasteiger partial charge in [-0.1, -0.05) is 6.07 Å². The topological polar surface area (TPSA) is 122 Å². The Bertz CT molecular complexity index is 1050. The molecule has 0 aliphatic rings. The standard InChI is InChI=1S/C16H13NO7/c1-23-12-6-8(2-3-9(12)18)7-17-15(21)13-11(24-16(17)22)5-4-10(19)14(13)20/h2-6,18-20H,7H2,1H3. The number of hydrogen-bond donors (Lipinski definition) is 3. The number of aromatic hydroxyl groups is 3. The number of aromatic nitrogens is 1. The summed E-state index contributed by atoms with van der Waals surface area (Å²) in [4.78, 5) is 24.5. The van der Waals surface area contributed by atoms with Gasteiger partial charge in [0, 0.05) is 0 Å². The maximum atomic E-state index is 12.5. The van der Waals surface area contributed by atoms with Gasteiger partial charge in [-0.05, 0) is 29.8 Å². The molecule has 0 amide bonds. The molecular formula is C16H13NO7. The van der Waals surface area contributed by atoms with Crippen molar-refractivity contribution in [1.82, 2.24) is 4.57 Å². The summed E-state index contributed by atoms with van der Waals surface area (Å²) < 4.78 is 10.8. The van der Waals surface area contributed by atoms with E-state index in [4.69, 9.17) is 9.15 Å². The highest BCUT2D eigenvalue weighted by Gasteiger charge is 2.16. The van der Waals surface area contributed by atoms with Gasteiger partial charge in [0.1, 0.15) is 11.0 Å². The summed E-state index contributed by atoms with van der Waals surface area (Å²) in [7, 11) is 1.37. The Balaban J connectivity index is 2.18. The van der Waals surface area contributed by atoms with Crippen molar-refractivity contribution >= 4 is 11.0 Å². The fraction of sp³-hybridized carbons (Fsp3) is 0.125. The Labute approximate surface area is 134 Å². The number of benzene rings is 2. The van der Waals surface area contributed by atoms with Gasteiger partial charge in [-0.2, -0.15) is 0 Å². The first kappa shape index (κ1) is 15.5. The number of nitrogens with zero attached hydrogens (tertiary/aromatic N) is 1. The molecule has 0 radical (unpaired) electrons. The number of ether oxygens (including phenoxy) is 1. The van der Waals surface area contributed by atoms with E-state index in [0.717, 1.165) is 10.6 Å². The van der Waals surface area contributed by atoms with Crippen LogP contribution in [-0.2, 0) is 6.54 Å². The Kier molecular flexibility index (Phi) is 3.64. The maximum absolute atomic E-state index is 12.5. The van der Waals surface area contributed by atoms with E-state index in [1.165, 1.54) is 31.4 Å². The number of phenols is 3. The van der Waals surface area contributed by atoms with Crippen molar-refractivity contribution in [3.63, 3.8) is 0 Å². The zero-order valence-corrected chi connectivity index (χ0v) is 12.5. The highest BCUT2D eigenvalue weighted by molar-refractivity contribution is 5.84. The van der Waals surface area contributed by atoms with Gasteiger partial charge >= 0.3 is 5.76 Å². The molecule has 0 bridgehead atoms. The van der Waals surface area contributed by atoms with Crippen molar-refractivity contribution in [2.75, 3.05) is 7.11 Å². The first-order chi connectivity index (χ1) is 11.4. The van der Waals surface area contributed by atoms with E-state index >= 15 is 0 Å². The Morgan fingerprint density at radius 3 is 2.50 bits per heavy atom. The average molecular weight is 331 g/mol. The fourth-order valence-corrected chi connectivity index (χ4v) is 2.36. The van der Waals surface area contributed by atoms with Crippen LogP contribution < -0.4 is 16.1 Å². The molecule has 1 heterocycles. The molecule has 2 aromatic carbocycles. The lowest BCUT2D eigenvalue weighted by Gasteiger charge is -2.09. The maximum Gasteiger partial charge on any atom is 0.422 e. The van der Waals surface area contributed by atoms with Gasteiger partial charge in [0.25, 0.3) is 5.56 Å². The van der Waals surface area contributed by atoms with Crippen molar-refractivity contribution in [3.05, 3.63) is 56.8 Å². The van der Waals surface area contributed by atoms with Gasteiger partial charge in [0.2, 0.25) is 0 Å². The first-order valence-corrected chi connectivity index (χ1v) is 6.87. The fourth-order valence-electron chi connectivity index (χ4n) is 2.36. The smallest absolute Gasteiger partial charge is 0.422 e. The van der Waals surface area contributed by atoms with Crippen LogP contribution in [0.2, 0.25) is 0 Å². The zero-order chi connectivity index (χ0) is 17.4. The molecule has 0 saturated carbocycles. The molecule has 24 heavy (non-hydrogen) atoms. The van der Waals surface area contributed by atoms with Crippen molar-refractivity contribution < 1.29 is 24.5 Å². The predicted molar refractivity (Wildman–Crippen MR) is 83.8 cm³/mol. The minimum Gasteiger partial charge on any atom is -0.504 e. The molecule has 8 heteroatoms. The van der Waals surface area contributed by atoms with E-state index in [0.29, 0.717) is 5.56 Å². The van der Waals surface area contributed by atoms with Crippen molar-refractivity contribution in [2.24, 2.45) is 0 Å². The number of rotatable bonds is 3. The van der Waals surface area contributed by atoms with Crippen LogP contribution in [0.25, 0.3) is 11.0 Å². The van der Waals surface area contributed by atoms with Crippen LogP contribution in [0.1, 0.15) is 5.56 Å². The van der Waals surface area contributed by atoms with Crippen molar-refractivity contribution in [3.8, 4) is 23.0 Å². The molecular weight excluding hydrogens is 318 g/mol. The lowest BCUT2D eigenvalue weighted by molar-refractivity contribution is 0.372. The van der Waals surface area contributed by atoms with E-state index in [1.54, 1.807) is 0 Å². The van der Waals surface area contributed by atoms with Gasteiger partial charge in [-0.25, -0.2) is 9.36 Å².